The van der Waals surface area contributed by atoms with Crippen molar-refractivity contribution in [2.75, 3.05) is 19.7 Å². The summed E-state index contributed by atoms with van der Waals surface area (Å²) in [5, 5.41) is 23.7. The zero-order valence-electron chi connectivity index (χ0n) is 22.4. The number of aromatic hydroxyl groups is 1. The largest absolute Gasteiger partial charge is 0.504 e. The molecular weight excluding hydrogens is 480 g/mol. The average Bonchev–Trinajstić information content (AvgIpc) is 3.45. The van der Waals surface area contributed by atoms with Gasteiger partial charge in [-0.25, -0.2) is 0 Å². The Morgan fingerprint density at radius 3 is 2.87 bits per heavy atom. The van der Waals surface area contributed by atoms with Gasteiger partial charge < -0.3 is 19.7 Å². The first-order valence-electron chi connectivity index (χ1n) is 14.8. The van der Waals surface area contributed by atoms with Gasteiger partial charge in [0.05, 0.1) is 23.2 Å². The molecular formula is C31H40N2O5. The molecule has 204 valence electrons. The maximum atomic E-state index is 12.8. The van der Waals surface area contributed by atoms with Crippen LogP contribution in [0.2, 0.25) is 0 Å². The quantitative estimate of drug-likeness (QED) is 0.377. The second-order valence-corrected chi connectivity index (χ2v) is 12.6. The van der Waals surface area contributed by atoms with Gasteiger partial charge in [0.15, 0.2) is 11.5 Å². The lowest BCUT2D eigenvalue weighted by molar-refractivity contribution is -0.202. The van der Waals surface area contributed by atoms with Crippen LogP contribution in [0.5, 0.6) is 11.5 Å². The van der Waals surface area contributed by atoms with E-state index < -0.39 is 16.6 Å². The molecule has 0 aromatic heterocycles. The maximum absolute atomic E-state index is 12.8. The van der Waals surface area contributed by atoms with Crippen molar-refractivity contribution in [3.63, 3.8) is 0 Å². The minimum absolute atomic E-state index is 0.0775. The van der Waals surface area contributed by atoms with Crippen LogP contribution in [-0.2, 0) is 21.4 Å². The lowest BCUT2D eigenvalue weighted by atomic mass is 9.46. The smallest absolute Gasteiger partial charge is 0.305 e. The van der Waals surface area contributed by atoms with Gasteiger partial charge in [0.1, 0.15) is 6.10 Å². The van der Waals surface area contributed by atoms with Crippen LogP contribution in [0, 0.1) is 11.8 Å². The Morgan fingerprint density at radius 2 is 2.11 bits per heavy atom. The van der Waals surface area contributed by atoms with E-state index in [4.69, 9.17) is 14.5 Å². The molecule has 3 aliphatic heterocycles. The number of unbranched alkanes of at least 4 members (excludes halogenated alkanes) is 1. The third-order valence-corrected chi connectivity index (χ3v) is 10.7. The standard InChI is InChI=1S/C31H40N2O5/c1-2-37-25(35)6-3-4-12-29(13-5-16-32-29)22-11-14-31(36)24-18-21-9-10-23(34)27-26(21)30(31,28(22)38-27)15-17-33(24)19-20-7-8-20/h5,9-10,13,16,20,22,24,28,34,36H,2-4,6-8,11-12,14-15,17-19H2,1H3/t22?,24-,28?,29?,30+,31-/m1/s1. The Kier molecular flexibility index (Phi) is 5.72. The van der Waals surface area contributed by atoms with Crippen molar-refractivity contribution in [1.29, 1.82) is 0 Å². The van der Waals surface area contributed by atoms with Gasteiger partial charge in [-0.1, -0.05) is 18.6 Å². The predicted molar refractivity (Wildman–Crippen MR) is 144 cm³/mol. The molecule has 2 saturated carbocycles. The normalized spacial score (nSPS) is 38.2. The van der Waals surface area contributed by atoms with E-state index in [1.807, 2.05) is 19.2 Å². The van der Waals surface area contributed by atoms with Gasteiger partial charge in [0.2, 0.25) is 0 Å². The van der Waals surface area contributed by atoms with Crippen molar-refractivity contribution in [1.82, 2.24) is 4.90 Å². The summed E-state index contributed by atoms with van der Waals surface area (Å²) >= 11 is 0. The van der Waals surface area contributed by atoms with Gasteiger partial charge in [-0.15, -0.1) is 0 Å². The van der Waals surface area contributed by atoms with Crippen LogP contribution >= 0.6 is 0 Å². The molecule has 1 aromatic rings. The molecule has 3 heterocycles. The van der Waals surface area contributed by atoms with Crippen molar-refractivity contribution in [2.24, 2.45) is 16.8 Å². The first kappa shape index (κ1) is 24.6. The number of benzene rings is 1. The summed E-state index contributed by atoms with van der Waals surface area (Å²) in [6.45, 7) is 4.28. The second kappa shape index (κ2) is 8.82. The molecule has 0 radical (unpaired) electrons. The lowest BCUT2D eigenvalue weighted by Crippen LogP contribution is -2.77. The number of carbonyl (C=O) groups excluding carboxylic acids is 1. The summed E-state index contributed by atoms with van der Waals surface area (Å²) in [5.41, 5.74) is 0.452. The molecule has 2 bridgehead atoms. The number of aliphatic hydroxyl groups is 1. The number of carbonyl (C=O) groups is 1. The molecule has 38 heavy (non-hydrogen) atoms. The lowest BCUT2D eigenvalue weighted by Gasteiger charge is -2.65. The highest BCUT2D eigenvalue weighted by Gasteiger charge is 2.74. The zero-order chi connectivity index (χ0) is 26.1. The number of aliphatic imine (C=N–C) groups is 1. The van der Waals surface area contributed by atoms with E-state index in [1.54, 1.807) is 6.07 Å². The van der Waals surface area contributed by atoms with Crippen LogP contribution in [0.4, 0.5) is 0 Å². The van der Waals surface area contributed by atoms with Crippen LogP contribution in [0.25, 0.3) is 0 Å². The van der Waals surface area contributed by atoms with E-state index in [1.165, 1.54) is 18.4 Å². The molecule has 2 N–H and O–H groups in total. The molecule has 1 spiro atoms. The number of piperidine rings is 1. The molecule has 1 aromatic carbocycles. The van der Waals surface area contributed by atoms with Crippen molar-refractivity contribution >= 4 is 12.2 Å². The molecule has 3 fully saturated rings. The summed E-state index contributed by atoms with van der Waals surface area (Å²) in [7, 11) is 0. The summed E-state index contributed by atoms with van der Waals surface area (Å²) < 4.78 is 11.9. The number of nitrogens with zero attached hydrogens (tertiary/aromatic N) is 2. The van der Waals surface area contributed by atoms with Gasteiger partial charge in [-0.3, -0.25) is 14.7 Å². The third-order valence-electron chi connectivity index (χ3n) is 10.7. The van der Waals surface area contributed by atoms with E-state index in [0.717, 1.165) is 63.1 Å². The number of ether oxygens (including phenoxy) is 2. The molecule has 3 aliphatic carbocycles. The number of hydrogen-bond acceptors (Lipinski definition) is 7. The van der Waals surface area contributed by atoms with Crippen LogP contribution in [0.3, 0.4) is 0 Å². The monoisotopic (exact) mass is 520 g/mol. The van der Waals surface area contributed by atoms with Crippen molar-refractivity contribution in [3.05, 3.63) is 35.4 Å². The SMILES string of the molecule is CCOC(=O)CCCCC1(C2CC[C@@]3(O)[C@H]4Cc5ccc(O)c6c5[C@@]3(CCN4CC3CC3)C2O6)C=CC=N1. The zero-order valence-corrected chi connectivity index (χ0v) is 22.4. The topological polar surface area (TPSA) is 91.6 Å². The van der Waals surface area contributed by atoms with Crippen LogP contribution in [-0.4, -0.2) is 70.3 Å². The van der Waals surface area contributed by atoms with Gasteiger partial charge in [0.25, 0.3) is 0 Å². The van der Waals surface area contributed by atoms with Crippen molar-refractivity contribution in [2.45, 2.75) is 99.8 Å². The number of phenols is 1. The molecule has 7 rings (SSSR count). The van der Waals surface area contributed by atoms with E-state index in [9.17, 15) is 15.0 Å². The number of rotatable bonds is 9. The third kappa shape index (κ3) is 3.40. The Labute approximate surface area is 224 Å². The fourth-order valence-corrected chi connectivity index (χ4v) is 8.89. The molecule has 1 saturated heterocycles. The second-order valence-electron chi connectivity index (χ2n) is 12.6. The van der Waals surface area contributed by atoms with E-state index in [0.29, 0.717) is 25.2 Å². The molecule has 6 atom stereocenters. The van der Waals surface area contributed by atoms with Crippen LogP contribution < -0.4 is 4.74 Å². The Balaban J connectivity index is 1.24. The van der Waals surface area contributed by atoms with E-state index >= 15 is 0 Å². The Morgan fingerprint density at radius 1 is 1.24 bits per heavy atom. The fraction of sp³-hybridized carbons (Fsp3) is 0.677. The number of likely N-dealkylation sites (tertiary alicyclic amines) is 1. The Hall–Kier alpha value is -2.38. The number of esters is 1. The molecule has 6 aliphatic rings. The van der Waals surface area contributed by atoms with E-state index in [2.05, 4.69) is 17.0 Å². The average molecular weight is 521 g/mol. The van der Waals surface area contributed by atoms with Crippen LogP contribution in [0.1, 0.15) is 75.8 Å². The highest BCUT2D eigenvalue weighted by atomic mass is 16.5. The summed E-state index contributed by atoms with van der Waals surface area (Å²) in [4.78, 5) is 19.5. The van der Waals surface area contributed by atoms with E-state index in [-0.39, 0.29) is 29.8 Å². The summed E-state index contributed by atoms with van der Waals surface area (Å²) in [6, 6.07) is 3.92. The first-order chi connectivity index (χ1) is 18.4. The van der Waals surface area contributed by atoms with Gasteiger partial charge in [0, 0.05) is 36.7 Å². The van der Waals surface area contributed by atoms with Crippen molar-refractivity contribution in [3.8, 4) is 11.5 Å². The van der Waals surface area contributed by atoms with Gasteiger partial charge in [-0.05, 0) is 88.5 Å². The summed E-state index contributed by atoms with van der Waals surface area (Å²) in [5.74, 6) is 1.48. The summed E-state index contributed by atoms with van der Waals surface area (Å²) in [6.07, 6.45) is 14.6. The Bertz CT molecular complexity index is 1180. The minimum Gasteiger partial charge on any atom is -0.504 e. The molecule has 7 heteroatoms. The number of hydrogen-bond donors (Lipinski definition) is 2. The highest BCUT2D eigenvalue weighted by Crippen LogP contribution is 2.68. The van der Waals surface area contributed by atoms with Gasteiger partial charge >= 0.3 is 5.97 Å². The minimum atomic E-state index is -0.884. The molecule has 3 unspecified atom stereocenters. The highest BCUT2D eigenvalue weighted by molar-refractivity contribution is 5.75. The molecule has 7 nitrogen and oxygen atoms in total. The van der Waals surface area contributed by atoms with Crippen LogP contribution in [0.15, 0.2) is 29.3 Å². The first-order valence-corrected chi connectivity index (χ1v) is 14.8. The predicted octanol–water partition coefficient (Wildman–Crippen LogP) is 4.08. The fourth-order valence-electron chi connectivity index (χ4n) is 8.89. The number of allylic oxidation sites excluding steroid dienone is 1. The molecule has 0 amide bonds. The van der Waals surface area contributed by atoms with Crippen molar-refractivity contribution < 1.29 is 24.5 Å². The number of phenolic OH excluding ortho intramolecular Hbond substituents is 1. The maximum Gasteiger partial charge on any atom is 0.305 e. The van der Waals surface area contributed by atoms with Gasteiger partial charge in [-0.2, -0.15) is 0 Å².